The topological polar surface area (TPSA) is 75.4 Å². The molecule has 0 spiro atoms. The Morgan fingerprint density at radius 1 is 1.42 bits per heavy atom. The van der Waals surface area contributed by atoms with Crippen molar-refractivity contribution in [3.63, 3.8) is 0 Å². The van der Waals surface area contributed by atoms with Crippen molar-refractivity contribution in [2.24, 2.45) is 0 Å². The average molecular weight is 260 g/mol. The fourth-order valence-corrected chi connectivity index (χ4v) is 1.84. The van der Waals surface area contributed by atoms with Crippen molar-refractivity contribution in [2.75, 3.05) is 6.61 Å². The fraction of sp³-hybridized carbons (Fsp3) is 0.286. The quantitative estimate of drug-likeness (QED) is 0.850. The highest BCUT2D eigenvalue weighted by molar-refractivity contribution is 5.94. The van der Waals surface area contributed by atoms with Crippen molar-refractivity contribution in [2.45, 2.75) is 19.4 Å². The highest BCUT2D eigenvalue weighted by Gasteiger charge is 2.17. The monoisotopic (exact) mass is 260 g/mol. The van der Waals surface area contributed by atoms with E-state index in [-0.39, 0.29) is 18.6 Å². The summed E-state index contributed by atoms with van der Waals surface area (Å²) in [6.07, 6.45) is 1.95. The number of rotatable bonds is 5. The maximum absolute atomic E-state index is 12.0. The molecule has 0 fully saturated rings. The van der Waals surface area contributed by atoms with E-state index in [4.69, 9.17) is 4.52 Å². The first-order valence-corrected chi connectivity index (χ1v) is 6.07. The minimum atomic E-state index is -0.329. The third-order valence-corrected chi connectivity index (χ3v) is 2.88. The highest BCUT2D eigenvalue weighted by Crippen LogP contribution is 2.07. The van der Waals surface area contributed by atoms with Gasteiger partial charge in [0, 0.05) is 0 Å². The molecule has 1 heterocycles. The van der Waals surface area contributed by atoms with E-state index in [2.05, 4.69) is 10.5 Å². The lowest BCUT2D eigenvalue weighted by Crippen LogP contribution is -2.39. The molecule has 2 rings (SSSR count). The van der Waals surface area contributed by atoms with E-state index in [1.54, 1.807) is 6.92 Å². The Morgan fingerprint density at radius 3 is 2.74 bits per heavy atom. The first-order valence-electron chi connectivity index (χ1n) is 6.07. The number of hydrogen-bond donors (Lipinski definition) is 2. The largest absolute Gasteiger partial charge is 0.394 e. The van der Waals surface area contributed by atoms with Gasteiger partial charge in [-0.05, 0) is 18.9 Å². The lowest BCUT2D eigenvalue weighted by molar-refractivity contribution is 0.0915. The van der Waals surface area contributed by atoms with E-state index >= 15 is 0 Å². The van der Waals surface area contributed by atoms with Crippen LogP contribution < -0.4 is 5.32 Å². The van der Waals surface area contributed by atoms with Crippen molar-refractivity contribution < 1.29 is 14.4 Å². The molecule has 2 aromatic rings. The Bertz CT molecular complexity index is 537. The Labute approximate surface area is 111 Å². The number of amides is 1. The van der Waals surface area contributed by atoms with E-state index in [9.17, 15) is 9.90 Å². The van der Waals surface area contributed by atoms with Gasteiger partial charge in [-0.1, -0.05) is 35.5 Å². The van der Waals surface area contributed by atoms with Crippen LogP contribution in [-0.4, -0.2) is 28.8 Å². The van der Waals surface area contributed by atoms with Crippen LogP contribution in [0.2, 0.25) is 0 Å². The summed E-state index contributed by atoms with van der Waals surface area (Å²) in [4.78, 5) is 12.0. The third-order valence-electron chi connectivity index (χ3n) is 2.88. The van der Waals surface area contributed by atoms with Gasteiger partial charge < -0.3 is 14.9 Å². The molecule has 5 nitrogen and oxygen atoms in total. The number of carbonyl (C=O) groups is 1. The normalized spacial score (nSPS) is 12.1. The zero-order valence-electron chi connectivity index (χ0n) is 10.7. The van der Waals surface area contributed by atoms with Crippen LogP contribution >= 0.6 is 0 Å². The van der Waals surface area contributed by atoms with Crippen LogP contribution in [0.15, 0.2) is 41.1 Å². The number of aryl methyl sites for hydroxylation is 1. The molecule has 5 heteroatoms. The number of hydrogen-bond acceptors (Lipinski definition) is 4. The lowest BCUT2D eigenvalue weighted by Gasteiger charge is -2.15. The number of nitrogens with zero attached hydrogens (tertiary/aromatic N) is 1. The van der Waals surface area contributed by atoms with Crippen molar-refractivity contribution >= 4 is 5.91 Å². The molecule has 100 valence electrons. The van der Waals surface area contributed by atoms with Crippen LogP contribution in [0, 0.1) is 6.92 Å². The second-order valence-corrected chi connectivity index (χ2v) is 4.34. The molecule has 1 atom stereocenters. The molecule has 0 aliphatic carbocycles. The zero-order chi connectivity index (χ0) is 13.7. The van der Waals surface area contributed by atoms with E-state index in [0.717, 1.165) is 5.56 Å². The standard InChI is InChI=1S/C14H16N2O3/c1-10-13(8-15-19-10)14(18)16-12(9-17)7-11-5-3-2-4-6-11/h2-6,8,12,17H,7,9H2,1H3,(H,16,18). The molecule has 1 aromatic heterocycles. The Hall–Kier alpha value is -2.14. The van der Waals surface area contributed by atoms with Crippen LogP contribution in [-0.2, 0) is 6.42 Å². The highest BCUT2D eigenvalue weighted by atomic mass is 16.5. The molecule has 1 aromatic carbocycles. The van der Waals surface area contributed by atoms with Gasteiger partial charge in [-0.2, -0.15) is 0 Å². The summed E-state index contributed by atoms with van der Waals surface area (Å²) in [5.41, 5.74) is 1.45. The minimum absolute atomic E-state index is 0.120. The second kappa shape index (κ2) is 6.15. The van der Waals surface area contributed by atoms with Gasteiger partial charge in [0.25, 0.3) is 5.91 Å². The van der Waals surface area contributed by atoms with E-state index in [1.165, 1.54) is 6.20 Å². The molecular formula is C14H16N2O3. The van der Waals surface area contributed by atoms with Gasteiger partial charge in [0.15, 0.2) is 0 Å². The summed E-state index contributed by atoms with van der Waals surface area (Å²) >= 11 is 0. The minimum Gasteiger partial charge on any atom is -0.394 e. The summed E-state index contributed by atoms with van der Waals surface area (Å²) in [6.45, 7) is 1.55. The fourth-order valence-electron chi connectivity index (χ4n) is 1.84. The van der Waals surface area contributed by atoms with Crippen LogP contribution in [0.25, 0.3) is 0 Å². The van der Waals surface area contributed by atoms with Crippen molar-refractivity contribution in [3.05, 3.63) is 53.4 Å². The number of aliphatic hydroxyl groups excluding tert-OH is 1. The summed E-state index contributed by atoms with van der Waals surface area (Å²) in [5, 5.41) is 15.7. The third kappa shape index (κ3) is 3.42. The Balaban J connectivity index is 2.00. The Kier molecular flexibility index (Phi) is 4.30. The van der Waals surface area contributed by atoms with Gasteiger partial charge >= 0.3 is 0 Å². The van der Waals surface area contributed by atoms with E-state index in [0.29, 0.717) is 17.7 Å². The molecule has 1 unspecified atom stereocenters. The molecule has 2 N–H and O–H groups in total. The summed E-state index contributed by atoms with van der Waals surface area (Å²) in [7, 11) is 0. The summed E-state index contributed by atoms with van der Waals surface area (Å²) < 4.78 is 4.85. The van der Waals surface area contributed by atoms with Crippen LogP contribution in [0.1, 0.15) is 21.7 Å². The van der Waals surface area contributed by atoms with Gasteiger partial charge in [-0.3, -0.25) is 4.79 Å². The molecule has 0 aliphatic rings. The van der Waals surface area contributed by atoms with Crippen LogP contribution in [0.5, 0.6) is 0 Å². The molecule has 0 bridgehead atoms. The van der Waals surface area contributed by atoms with Gasteiger partial charge in [0.05, 0.1) is 18.8 Å². The molecule has 0 radical (unpaired) electrons. The molecule has 0 aliphatic heterocycles. The lowest BCUT2D eigenvalue weighted by atomic mass is 10.1. The van der Waals surface area contributed by atoms with Gasteiger partial charge in [-0.15, -0.1) is 0 Å². The van der Waals surface area contributed by atoms with Crippen molar-refractivity contribution in [1.82, 2.24) is 10.5 Å². The molecule has 0 saturated heterocycles. The van der Waals surface area contributed by atoms with E-state index < -0.39 is 0 Å². The smallest absolute Gasteiger partial charge is 0.256 e. The predicted octanol–water partition coefficient (Wildman–Crippen LogP) is 1.32. The van der Waals surface area contributed by atoms with Crippen LogP contribution in [0.4, 0.5) is 0 Å². The number of carbonyl (C=O) groups excluding carboxylic acids is 1. The second-order valence-electron chi connectivity index (χ2n) is 4.34. The first kappa shape index (κ1) is 13.3. The number of nitrogens with one attached hydrogen (secondary N) is 1. The number of benzene rings is 1. The number of aliphatic hydroxyl groups is 1. The maximum Gasteiger partial charge on any atom is 0.256 e. The maximum atomic E-state index is 12.0. The Morgan fingerprint density at radius 2 is 2.16 bits per heavy atom. The van der Waals surface area contributed by atoms with Gasteiger partial charge in [-0.25, -0.2) is 0 Å². The van der Waals surface area contributed by atoms with Gasteiger partial charge in [0.1, 0.15) is 11.3 Å². The molecule has 19 heavy (non-hydrogen) atoms. The summed E-state index contributed by atoms with van der Waals surface area (Å²) in [6, 6.07) is 9.37. The van der Waals surface area contributed by atoms with E-state index in [1.807, 2.05) is 30.3 Å². The molecular weight excluding hydrogens is 244 g/mol. The SMILES string of the molecule is Cc1oncc1C(=O)NC(CO)Cc1ccccc1. The molecule has 0 saturated carbocycles. The number of aromatic nitrogens is 1. The first-order chi connectivity index (χ1) is 9.20. The molecule has 1 amide bonds. The van der Waals surface area contributed by atoms with Gasteiger partial charge in [0.2, 0.25) is 0 Å². The van der Waals surface area contributed by atoms with Crippen molar-refractivity contribution in [3.8, 4) is 0 Å². The summed E-state index contributed by atoms with van der Waals surface area (Å²) in [5.74, 6) is 0.183. The predicted molar refractivity (Wildman–Crippen MR) is 69.7 cm³/mol. The van der Waals surface area contributed by atoms with Crippen molar-refractivity contribution in [1.29, 1.82) is 0 Å². The van der Waals surface area contributed by atoms with Crippen LogP contribution in [0.3, 0.4) is 0 Å². The zero-order valence-corrected chi connectivity index (χ0v) is 10.7. The average Bonchev–Trinajstić information content (AvgIpc) is 2.85.